The number of aliphatic hydroxyl groups is 2. The third-order valence-corrected chi connectivity index (χ3v) is 4.13. The molecule has 0 saturated carbocycles. The molecule has 0 atom stereocenters. The van der Waals surface area contributed by atoms with Crippen molar-refractivity contribution in [3.63, 3.8) is 0 Å². The zero-order valence-electron chi connectivity index (χ0n) is 14.4. The van der Waals surface area contributed by atoms with E-state index in [-0.39, 0.29) is 22.7 Å². The third kappa shape index (κ3) is 4.60. The number of carbonyl (C=O) groups is 2. The van der Waals surface area contributed by atoms with Crippen LogP contribution in [0.2, 0.25) is 0 Å². The van der Waals surface area contributed by atoms with Crippen LogP contribution >= 0.6 is 0 Å². The van der Waals surface area contributed by atoms with Gasteiger partial charge < -0.3 is 10.2 Å². The van der Waals surface area contributed by atoms with E-state index in [1.165, 1.54) is 5.57 Å². The van der Waals surface area contributed by atoms with Crippen LogP contribution in [0.25, 0.3) is 0 Å². The molecule has 0 amide bonds. The Kier molecular flexibility index (Phi) is 7.33. The zero-order chi connectivity index (χ0) is 17.6. The Morgan fingerprint density at radius 2 is 1.57 bits per heavy atom. The molecule has 0 radical (unpaired) electrons. The van der Waals surface area contributed by atoms with E-state index in [0.29, 0.717) is 17.6 Å². The molecule has 1 aliphatic rings. The molecule has 4 nitrogen and oxygen atoms in total. The topological polar surface area (TPSA) is 74.6 Å². The van der Waals surface area contributed by atoms with E-state index in [1.54, 1.807) is 6.92 Å². The molecule has 0 aromatic rings. The van der Waals surface area contributed by atoms with Gasteiger partial charge in [-0.1, -0.05) is 23.3 Å². The fraction of sp³-hybridized carbons (Fsp3) is 0.474. The standard InChI is InChI=1S/C19H26O4/c1-5-14(8-6-7-12(2)3)9-15-13(4)18(22)16(10-20)17(11-21)19(15)23/h5,7,20-21H,6,8-11H2,1-4H3/b14-5-. The maximum absolute atomic E-state index is 12.5. The highest BCUT2D eigenvalue weighted by atomic mass is 16.3. The number of Topliss-reactive ketones (excluding diaryl/α,β-unsaturated/α-hetero) is 2. The number of ketones is 2. The van der Waals surface area contributed by atoms with E-state index < -0.39 is 13.2 Å². The molecule has 1 aliphatic carbocycles. The number of hydrogen-bond acceptors (Lipinski definition) is 4. The number of allylic oxidation sites excluding steroid dienone is 6. The number of carbonyl (C=O) groups excluding carboxylic acids is 2. The lowest BCUT2D eigenvalue weighted by Gasteiger charge is -2.21. The molecule has 0 aliphatic heterocycles. The van der Waals surface area contributed by atoms with Gasteiger partial charge in [0.1, 0.15) is 0 Å². The van der Waals surface area contributed by atoms with Gasteiger partial charge in [0.25, 0.3) is 0 Å². The molecule has 0 unspecified atom stereocenters. The first-order valence-corrected chi connectivity index (χ1v) is 7.87. The highest BCUT2D eigenvalue weighted by Gasteiger charge is 2.31. The molecule has 1 rings (SSSR count). The van der Waals surface area contributed by atoms with Crippen LogP contribution in [0.4, 0.5) is 0 Å². The molecule has 0 aromatic carbocycles. The van der Waals surface area contributed by atoms with Gasteiger partial charge in [-0.3, -0.25) is 9.59 Å². The second-order valence-electron chi connectivity index (χ2n) is 5.98. The largest absolute Gasteiger partial charge is 0.392 e. The molecule has 0 fully saturated rings. The van der Waals surface area contributed by atoms with Crippen molar-refractivity contribution < 1.29 is 19.8 Å². The number of rotatable bonds is 7. The van der Waals surface area contributed by atoms with Crippen LogP contribution in [0, 0.1) is 0 Å². The Balaban J connectivity index is 3.03. The molecule has 126 valence electrons. The Morgan fingerprint density at radius 3 is 2.04 bits per heavy atom. The molecule has 23 heavy (non-hydrogen) atoms. The van der Waals surface area contributed by atoms with Crippen LogP contribution in [0.5, 0.6) is 0 Å². The van der Waals surface area contributed by atoms with Gasteiger partial charge in [-0.15, -0.1) is 0 Å². The SMILES string of the molecule is C/C=C(/CCC=C(C)C)CC1=C(C)C(=O)C(CO)=C(CO)C1=O. The highest BCUT2D eigenvalue weighted by molar-refractivity contribution is 6.25. The molecule has 2 N–H and O–H groups in total. The number of hydrogen-bond donors (Lipinski definition) is 2. The Labute approximate surface area is 137 Å². The lowest BCUT2D eigenvalue weighted by molar-refractivity contribution is -0.117. The summed E-state index contributed by atoms with van der Waals surface area (Å²) in [6, 6.07) is 0. The minimum Gasteiger partial charge on any atom is -0.392 e. The van der Waals surface area contributed by atoms with E-state index in [0.717, 1.165) is 18.4 Å². The summed E-state index contributed by atoms with van der Waals surface area (Å²) in [7, 11) is 0. The monoisotopic (exact) mass is 318 g/mol. The van der Waals surface area contributed by atoms with Gasteiger partial charge in [0, 0.05) is 22.3 Å². The first-order valence-electron chi connectivity index (χ1n) is 7.87. The molecule has 4 heteroatoms. The van der Waals surface area contributed by atoms with Crippen molar-refractivity contribution in [3.8, 4) is 0 Å². The van der Waals surface area contributed by atoms with Gasteiger partial charge >= 0.3 is 0 Å². The van der Waals surface area contributed by atoms with Gasteiger partial charge in [-0.05, 0) is 47.0 Å². The van der Waals surface area contributed by atoms with Gasteiger partial charge in [0.05, 0.1) is 13.2 Å². The smallest absolute Gasteiger partial charge is 0.188 e. The molecular formula is C19H26O4. The average Bonchev–Trinajstić information content (AvgIpc) is 2.52. The summed E-state index contributed by atoms with van der Waals surface area (Å²) < 4.78 is 0. The van der Waals surface area contributed by atoms with Crippen LogP contribution in [-0.4, -0.2) is 35.0 Å². The lowest BCUT2D eigenvalue weighted by atomic mass is 9.82. The predicted octanol–water partition coefficient (Wildman–Crippen LogP) is 2.82. The van der Waals surface area contributed by atoms with Crippen molar-refractivity contribution in [2.24, 2.45) is 0 Å². The third-order valence-electron chi connectivity index (χ3n) is 4.13. The summed E-state index contributed by atoms with van der Waals surface area (Å²) in [5.74, 6) is -0.666. The van der Waals surface area contributed by atoms with Gasteiger partial charge in [-0.2, -0.15) is 0 Å². The first kappa shape index (κ1) is 19.3. The summed E-state index contributed by atoms with van der Waals surface area (Å²) in [4.78, 5) is 24.8. The van der Waals surface area contributed by atoms with E-state index in [1.807, 2.05) is 26.8 Å². The van der Waals surface area contributed by atoms with E-state index >= 15 is 0 Å². The molecule has 0 heterocycles. The van der Waals surface area contributed by atoms with Crippen molar-refractivity contribution in [2.45, 2.75) is 47.0 Å². The van der Waals surface area contributed by atoms with Crippen LogP contribution in [0.1, 0.15) is 47.0 Å². The van der Waals surface area contributed by atoms with Crippen molar-refractivity contribution in [1.29, 1.82) is 0 Å². The maximum Gasteiger partial charge on any atom is 0.188 e. The molecular weight excluding hydrogens is 292 g/mol. The lowest BCUT2D eigenvalue weighted by Crippen LogP contribution is -2.26. The van der Waals surface area contributed by atoms with Crippen LogP contribution in [0.15, 0.2) is 45.6 Å². The summed E-state index contributed by atoms with van der Waals surface area (Å²) in [6.45, 7) is 6.57. The van der Waals surface area contributed by atoms with E-state index in [4.69, 9.17) is 0 Å². The van der Waals surface area contributed by atoms with Crippen molar-refractivity contribution in [1.82, 2.24) is 0 Å². The van der Waals surface area contributed by atoms with Crippen LogP contribution in [0.3, 0.4) is 0 Å². The first-order chi connectivity index (χ1) is 10.9. The van der Waals surface area contributed by atoms with Crippen LogP contribution in [-0.2, 0) is 9.59 Å². The Hall–Kier alpha value is -1.78. The normalized spacial score (nSPS) is 16.3. The Morgan fingerprint density at radius 1 is 1.00 bits per heavy atom. The molecule has 0 bridgehead atoms. The van der Waals surface area contributed by atoms with Crippen molar-refractivity contribution in [3.05, 3.63) is 45.6 Å². The minimum atomic E-state index is -0.528. The molecule has 0 spiro atoms. The Bertz CT molecular complexity index is 611. The molecule has 0 saturated heterocycles. The average molecular weight is 318 g/mol. The van der Waals surface area contributed by atoms with Crippen molar-refractivity contribution >= 4 is 11.6 Å². The maximum atomic E-state index is 12.5. The van der Waals surface area contributed by atoms with E-state index in [2.05, 4.69) is 6.08 Å². The quantitative estimate of drug-likeness (QED) is 0.559. The summed E-state index contributed by atoms with van der Waals surface area (Å²) >= 11 is 0. The zero-order valence-corrected chi connectivity index (χ0v) is 14.4. The van der Waals surface area contributed by atoms with Crippen molar-refractivity contribution in [2.75, 3.05) is 13.2 Å². The highest BCUT2D eigenvalue weighted by Crippen LogP contribution is 2.29. The summed E-state index contributed by atoms with van der Waals surface area (Å²) in [5.41, 5.74) is 3.18. The van der Waals surface area contributed by atoms with Gasteiger partial charge in [0.2, 0.25) is 0 Å². The minimum absolute atomic E-state index is 0.0188. The van der Waals surface area contributed by atoms with E-state index in [9.17, 15) is 19.8 Å². The second-order valence-corrected chi connectivity index (χ2v) is 5.98. The summed E-state index contributed by atoms with van der Waals surface area (Å²) in [5, 5.41) is 18.7. The fourth-order valence-electron chi connectivity index (χ4n) is 2.65. The summed E-state index contributed by atoms with van der Waals surface area (Å²) in [6.07, 6.45) is 6.24. The molecule has 0 aromatic heterocycles. The predicted molar refractivity (Wildman–Crippen MR) is 91.0 cm³/mol. The van der Waals surface area contributed by atoms with Crippen LogP contribution < -0.4 is 0 Å². The van der Waals surface area contributed by atoms with Gasteiger partial charge in [-0.25, -0.2) is 0 Å². The number of aliphatic hydroxyl groups excluding tert-OH is 2. The second kappa shape index (κ2) is 8.75. The fourth-order valence-corrected chi connectivity index (χ4v) is 2.65. The van der Waals surface area contributed by atoms with Gasteiger partial charge in [0.15, 0.2) is 11.6 Å².